The van der Waals surface area contributed by atoms with Crippen LogP contribution in [0.1, 0.15) is 12.5 Å². The Kier molecular flexibility index (Phi) is 7.70. The lowest BCUT2D eigenvalue weighted by Crippen LogP contribution is -2.27. The van der Waals surface area contributed by atoms with E-state index in [4.69, 9.17) is 0 Å². The molecule has 0 radical (unpaired) electrons. The van der Waals surface area contributed by atoms with Crippen LogP contribution in [0.3, 0.4) is 0 Å². The Bertz CT molecular complexity index is 615. The maximum absolute atomic E-state index is 11.8. The second-order valence-corrected chi connectivity index (χ2v) is 8.07. The molecule has 0 bridgehead atoms. The predicted octanol–water partition coefficient (Wildman–Crippen LogP) is 3.28. The molecule has 0 aliphatic rings. The Morgan fingerprint density at radius 1 is 1.22 bits per heavy atom. The molecule has 0 unspecified atom stereocenters. The van der Waals surface area contributed by atoms with E-state index < -0.39 is 0 Å². The number of amides is 1. The molecule has 1 aromatic heterocycles. The summed E-state index contributed by atoms with van der Waals surface area (Å²) in [6, 6.07) is 8.41. The fourth-order valence-electron chi connectivity index (χ4n) is 1.66. The summed E-state index contributed by atoms with van der Waals surface area (Å²) >= 11 is 4.63. The van der Waals surface area contributed by atoms with Crippen LogP contribution in [0.2, 0.25) is 0 Å². The fourth-order valence-corrected chi connectivity index (χ4v) is 4.08. The Balaban J connectivity index is 1.60. The molecule has 8 heteroatoms. The van der Waals surface area contributed by atoms with Gasteiger partial charge in [-0.05, 0) is 26.0 Å². The first-order valence-corrected chi connectivity index (χ1v) is 10.1. The van der Waals surface area contributed by atoms with Gasteiger partial charge in [0, 0.05) is 23.7 Å². The van der Waals surface area contributed by atoms with Crippen molar-refractivity contribution in [3.05, 3.63) is 29.8 Å². The molecule has 0 aliphatic heterocycles. The van der Waals surface area contributed by atoms with E-state index in [2.05, 4.69) is 52.0 Å². The average Bonchev–Trinajstić information content (AvgIpc) is 2.99. The number of carbonyl (C=O) groups excluding carboxylic acids is 1. The van der Waals surface area contributed by atoms with Crippen LogP contribution < -0.4 is 10.6 Å². The van der Waals surface area contributed by atoms with Gasteiger partial charge in [-0.3, -0.25) is 4.79 Å². The van der Waals surface area contributed by atoms with Gasteiger partial charge < -0.3 is 10.6 Å². The number of hydrogen-bond donors (Lipinski definition) is 2. The first kappa shape index (κ1) is 18.1. The van der Waals surface area contributed by atoms with Crippen molar-refractivity contribution in [3.63, 3.8) is 0 Å². The first-order chi connectivity index (χ1) is 11.2. The van der Waals surface area contributed by atoms with Gasteiger partial charge in [0.25, 0.3) is 0 Å². The van der Waals surface area contributed by atoms with E-state index in [1.807, 2.05) is 6.92 Å². The van der Waals surface area contributed by atoms with Crippen molar-refractivity contribution in [1.82, 2.24) is 15.5 Å². The Morgan fingerprint density at radius 2 is 2.00 bits per heavy atom. The number of thioether (sulfide) groups is 2. The van der Waals surface area contributed by atoms with Crippen LogP contribution in [0.25, 0.3) is 0 Å². The van der Waals surface area contributed by atoms with Crippen molar-refractivity contribution in [3.8, 4) is 0 Å². The van der Waals surface area contributed by atoms with Gasteiger partial charge in [0.05, 0.1) is 5.75 Å². The lowest BCUT2D eigenvalue weighted by Gasteiger charge is -2.04. The Hall–Kier alpha value is -1.25. The number of benzene rings is 1. The van der Waals surface area contributed by atoms with Crippen molar-refractivity contribution >= 4 is 45.9 Å². The van der Waals surface area contributed by atoms with Gasteiger partial charge >= 0.3 is 0 Å². The van der Waals surface area contributed by atoms with Crippen LogP contribution in [0.15, 0.2) is 33.5 Å². The van der Waals surface area contributed by atoms with Crippen molar-refractivity contribution in [2.75, 3.05) is 29.9 Å². The highest BCUT2D eigenvalue weighted by atomic mass is 32.2. The molecule has 0 atom stereocenters. The zero-order valence-corrected chi connectivity index (χ0v) is 15.6. The zero-order valence-electron chi connectivity index (χ0n) is 13.2. The number of hydrogen-bond acceptors (Lipinski definition) is 7. The fraction of sp³-hybridized carbons (Fsp3) is 0.400. The minimum Gasteiger partial charge on any atom is -0.360 e. The normalized spacial score (nSPS) is 10.5. The second kappa shape index (κ2) is 9.79. The lowest BCUT2D eigenvalue weighted by molar-refractivity contribution is -0.118. The van der Waals surface area contributed by atoms with Crippen LogP contribution in [0.4, 0.5) is 5.13 Å². The Labute approximate surface area is 149 Å². The Morgan fingerprint density at radius 3 is 2.74 bits per heavy atom. The first-order valence-electron chi connectivity index (χ1n) is 7.33. The number of rotatable bonds is 9. The maximum Gasteiger partial charge on any atom is 0.230 e. The average molecular weight is 369 g/mol. The molecule has 2 rings (SSSR count). The second-order valence-electron chi connectivity index (χ2n) is 4.70. The van der Waals surface area contributed by atoms with Gasteiger partial charge in [-0.2, -0.15) is 0 Å². The zero-order chi connectivity index (χ0) is 16.5. The molecule has 0 fully saturated rings. The lowest BCUT2D eigenvalue weighted by atomic mass is 10.2. The van der Waals surface area contributed by atoms with Crippen LogP contribution in [0.5, 0.6) is 0 Å². The summed E-state index contributed by atoms with van der Waals surface area (Å²) in [5.41, 5.74) is 1.26. The maximum atomic E-state index is 11.8. The number of nitrogens with one attached hydrogen (secondary N) is 2. The highest BCUT2D eigenvalue weighted by molar-refractivity contribution is 8.01. The molecule has 0 saturated carbocycles. The van der Waals surface area contributed by atoms with E-state index in [9.17, 15) is 4.79 Å². The standard InChI is InChI=1S/C15H20N4OS3/c1-3-16-14-18-19-15(23-14)22-10-13(20)17-8-9-21-12-6-4-11(2)5-7-12/h4-7H,3,8-10H2,1-2H3,(H,16,18)(H,17,20). The number of anilines is 1. The van der Waals surface area contributed by atoms with Crippen LogP contribution in [0, 0.1) is 6.92 Å². The van der Waals surface area contributed by atoms with E-state index >= 15 is 0 Å². The summed E-state index contributed by atoms with van der Waals surface area (Å²) in [6.07, 6.45) is 0. The molecule has 23 heavy (non-hydrogen) atoms. The summed E-state index contributed by atoms with van der Waals surface area (Å²) in [7, 11) is 0. The molecule has 0 saturated heterocycles. The molecule has 0 aliphatic carbocycles. The molecule has 5 nitrogen and oxygen atoms in total. The topological polar surface area (TPSA) is 66.9 Å². The van der Waals surface area contributed by atoms with Crippen molar-refractivity contribution in [2.45, 2.75) is 23.1 Å². The third kappa shape index (κ3) is 6.80. The monoisotopic (exact) mass is 368 g/mol. The number of carbonyl (C=O) groups is 1. The molecular weight excluding hydrogens is 348 g/mol. The molecule has 2 aromatic rings. The van der Waals surface area contributed by atoms with Crippen molar-refractivity contribution in [2.24, 2.45) is 0 Å². The van der Waals surface area contributed by atoms with Crippen LogP contribution in [-0.2, 0) is 4.79 Å². The summed E-state index contributed by atoms with van der Waals surface area (Å²) in [5, 5.41) is 14.9. The minimum atomic E-state index is 0.0275. The molecule has 1 amide bonds. The van der Waals surface area contributed by atoms with Crippen LogP contribution in [-0.4, -0.2) is 40.7 Å². The predicted molar refractivity (Wildman–Crippen MR) is 99.7 cm³/mol. The smallest absolute Gasteiger partial charge is 0.230 e. The van der Waals surface area contributed by atoms with Gasteiger partial charge in [-0.1, -0.05) is 40.8 Å². The number of aromatic nitrogens is 2. The third-order valence-electron chi connectivity index (χ3n) is 2.78. The third-order valence-corrected chi connectivity index (χ3v) is 5.80. The summed E-state index contributed by atoms with van der Waals surface area (Å²) in [4.78, 5) is 13.0. The minimum absolute atomic E-state index is 0.0275. The van der Waals surface area contributed by atoms with Gasteiger partial charge in [0.1, 0.15) is 0 Å². The number of nitrogens with zero attached hydrogens (tertiary/aromatic N) is 2. The van der Waals surface area contributed by atoms with E-state index in [-0.39, 0.29) is 5.91 Å². The number of aryl methyl sites for hydroxylation is 1. The molecule has 124 valence electrons. The van der Waals surface area contributed by atoms with Gasteiger partial charge in [0.2, 0.25) is 11.0 Å². The highest BCUT2D eigenvalue weighted by Crippen LogP contribution is 2.25. The van der Waals surface area contributed by atoms with E-state index in [0.29, 0.717) is 12.3 Å². The summed E-state index contributed by atoms with van der Waals surface area (Å²) in [5.74, 6) is 1.26. The van der Waals surface area contributed by atoms with E-state index in [1.54, 1.807) is 11.8 Å². The molecule has 1 aromatic carbocycles. The largest absolute Gasteiger partial charge is 0.360 e. The summed E-state index contributed by atoms with van der Waals surface area (Å²) < 4.78 is 0.810. The van der Waals surface area contributed by atoms with E-state index in [0.717, 1.165) is 21.8 Å². The van der Waals surface area contributed by atoms with Gasteiger partial charge in [0.15, 0.2) is 4.34 Å². The molecule has 0 spiro atoms. The van der Waals surface area contributed by atoms with Crippen molar-refractivity contribution < 1.29 is 4.79 Å². The SMILES string of the molecule is CCNc1nnc(SCC(=O)NCCSc2ccc(C)cc2)s1. The quantitative estimate of drug-likeness (QED) is 0.523. The van der Waals surface area contributed by atoms with Crippen LogP contribution >= 0.6 is 34.9 Å². The van der Waals surface area contributed by atoms with Crippen molar-refractivity contribution in [1.29, 1.82) is 0 Å². The highest BCUT2D eigenvalue weighted by Gasteiger charge is 2.07. The molecule has 2 N–H and O–H groups in total. The molecular formula is C15H20N4OS3. The molecule has 1 heterocycles. The van der Waals surface area contributed by atoms with Gasteiger partial charge in [-0.15, -0.1) is 22.0 Å². The summed E-state index contributed by atoms with van der Waals surface area (Å²) in [6.45, 7) is 5.57. The van der Waals surface area contributed by atoms with E-state index in [1.165, 1.54) is 33.6 Å². The van der Waals surface area contributed by atoms with Gasteiger partial charge in [-0.25, -0.2) is 0 Å².